The smallest absolute Gasteiger partial charge is 0.266 e. The van der Waals surface area contributed by atoms with E-state index in [0.29, 0.717) is 27.4 Å². The number of aromatic amines is 1. The summed E-state index contributed by atoms with van der Waals surface area (Å²) in [6.45, 7) is 0. The van der Waals surface area contributed by atoms with Crippen molar-refractivity contribution < 1.29 is 4.74 Å². The second kappa shape index (κ2) is 5.87. The molecule has 0 fully saturated rings. The SMILES string of the molecule is COc1cccc(-n2c(=S)[nH]c3cc(Br)ccc3c2=O)c1Cl. The van der Waals surface area contributed by atoms with Gasteiger partial charge in [-0.05, 0) is 42.5 Å². The molecule has 0 unspecified atom stereocenters. The minimum atomic E-state index is -0.235. The van der Waals surface area contributed by atoms with Gasteiger partial charge in [0.15, 0.2) is 4.77 Å². The lowest BCUT2D eigenvalue weighted by atomic mass is 10.2. The molecular weight excluding hydrogens is 388 g/mol. The van der Waals surface area contributed by atoms with Gasteiger partial charge in [-0.15, -0.1) is 0 Å². The standard InChI is InChI=1S/C15H10BrClN2O2S/c1-21-12-4-2-3-11(13(12)17)19-14(20)9-6-5-8(16)7-10(9)18-15(19)22/h2-7H,1H3,(H,18,22). The number of ether oxygens (including phenoxy) is 1. The molecule has 22 heavy (non-hydrogen) atoms. The van der Waals surface area contributed by atoms with Gasteiger partial charge >= 0.3 is 0 Å². The maximum atomic E-state index is 12.8. The fourth-order valence-electron chi connectivity index (χ4n) is 2.24. The zero-order chi connectivity index (χ0) is 15.9. The lowest BCUT2D eigenvalue weighted by Gasteiger charge is -2.12. The normalized spacial score (nSPS) is 10.9. The van der Waals surface area contributed by atoms with Crippen LogP contribution in [0.25, 0.3) is 16.6 Å². The summed E-state index contributed by atoms with van der Waals surface area (Å²) in [6, 6.07) is 10.6. The first-order valence-corrected chi connectivity index (χ1v) is 7.88. The zero-order valence-electron chi connectivity index (χ0n) is 11.4. The maximum absolute atomic E-state index is 12.8. The first-order valence-electron chi connectivity index (χ1n) is 6.30. The highest BCUT2D eigenvalue weighted by Crippen LogP contribution is 2.30. The van der Waals surface area contributed by atoms with Crippen molar-refractivity contribution in [1.82, 2.24) is 9.55 Å². The first-order chi connectivity index (χ1) is 10.5. The van der Waals surface area contributed by atoms with Crippen molar-refractivity contribution in [2.45, 2.75) is 0 Å². The van der Waals surface area contributed by atoms with Crippen LogP contribution in [0.5, 0.6) is 5.75 Å². The lowest BCUT2D eigenvalue weighted by Crippen LogP contribution is -2.20. The highest BCUT2D eigenvalue weighted by atomic mass is 79.9. The number of rotatable bonds is 2. The third-order valence-electron chi connectivity index (χ3n) is 3.26. The van der Waals surface area contributed by atoms with E-state index in [-0.39, 0.29) is 10.3 Å². The van der Waals surface area contributed by atoms with Crippen LogP contribution in [0.4, 0.5) is 0 Å². The highest BCUT2D eigenvalue weighted by molar-refractivity contribution is 9.10. The van der Waals surface area contributed by atoms with Crippen LogP contribution in [0.3, 0.4) is 0 Å². The molecule has 0 bridgehead atoms. The largest absolute Gasteiger partial charge is 0.495 e. The molecule has 0 spiro atoms. The number of H-pyrrole nitrogens is 1. The molecule has 3 aromatic rings. The second-order valence-corrected chi connectivity index (χ2v) is 6.23. The first kappa shape index (κ1) is 15.3. The van der Waals surface area contributed by atoms with E-state index >= 15 is 0 Å². The van der Waals surface area contributed by atoms with Crippen molar-refractivity contribution in [3.8, 4) is 11.4 Å². The van der Waals surface area contributed by atoms with Gasteiger partial charge in [-0.1, -0.05) is 33.6 Å². The van der Waals surface area contributed by atoms with E-state index in [1.807, 2.05) is 6.07 Å². The maximum Gasteiger partial charge on any atom is 0.266 e. The van der Waals surface area contributed by atoms with Crippen LogP contribution < -0.4 is 10.3 Å². The molecule has 3 rings (SSSR count). The molecule has 2 aromatic carbocycles. The summed E-state index contributed by atoms with van der Waals surface area (Å²) in [4.78, 5) is 15.8. The van der Waals surface area contributed by atoms with Crippen LogP contribution in [0.15, 0.2) is 45.7 Å². The van der Waals surface area contributed by atoms with Gasteiger partial charge in [0, 0.05) is 4.47 Å². The van der Waals surface area contributed by atoms with Crippen molar-refractivity contribution in [1.29, 1.82) is 0 Å². The molecule has 1 heterocycles. The quantitative estimate of drug-likeness (QED) is 0.649. The summed E-state index contributed by atoms with van der Waals surface area (Å²) in [6.07, 6.45) is 0. The molecule has 0 atom stereocenters. The van der Waals surface area contributed by atoms with E-state index in [0.717, 1.165) is 4.47 Å². The minimum absolute atomic E-state index is 0.235. The van der Waals surface area contributed by atoms with Crippen molar-refractivity contribution in [2.75, 3.05) is 7.11 Å². The number of hydrogen-bond donors (Lipinski definition) is 1. The van der Waals surface area contributed by atoms with Crippen LogP contribution in [-0.2, 0) is 0 Å². The summed E-state index contributed by atoms with van der Waals surface area (Å²) in [5, 5.41) is 0.860. The Morgan fingerprint density at radius 2 is 2.09 bits per heavy atom. The van der Waals surface area contributed by atoms with Crippen molar-refractivity contribution in [3.05, 3.63) is 61.0 Å². The number of hydrogen-bond acceptors (Lipinski definition) is 3. The fourth-order valence-corrected chi connectivity index (χ4v) is 3.18. The van der Waals surface area contributed by atoms with Crippen molar-refractivity contribution in [3.63, 3.8) is 0 Å². The Morgan fingerprint density at radius 3 is 2.82 bits per heavy atom. The summed E-state index contributed by atoms with van der Waals surface area (Å²) in [5.74, 6) is 0.483. The van der Waals surface area contributed by atoms with Crippen LogP contribution in [0, 0.1) is 4.77 Å². The average molecular weight is 398 g/mol. The number of fused-ring (bicyclic) bond motifs is 1. The van der Waals surface area contributed by atoms with E-state index in [1.165, 1.54) is 11.7 Å². The predicted octanol–water partition coefficient (Wildman–Crippen LogP) is 4.47. The van der Waals surface area contributed by atoms with Crippen LogP contribution in [0.1, 0.15) is 0 Å². The number of halogens is 2. The molecule has 112 valence electrons. The van der Waals surface area contributed by atoms with E-state index in [2.05, 4.69) is 20.9 Å². The summed E-state index contributed by atoms with van der Waals surface area (Å²) in [5.41, 5.74) is 0.915. The van der Waals surface area contributed by atoms with Gasteiger partial charge in [-0.3, -0.25) is 9.36 Å². The summed E-state index contributed by atoms with van der Waals surface area (Å²) in [7, 11) is 1.52. The highest BCUT2D eigenvalue weighted by Gasteiger charge is 2.13. The third-order valence-corrected chi connectivity index (χ3v) is 4.42. The summed E-state index contributed by atoms with van der Waals surface area (Å²) >= 11 is 15.0. The third kappa shape index (κ3) is 2.47. The van der Waals surface area contributed by atoms with Crippen molar-refractivity contribution in [2.24, 2.45) is 0 Å². The van der Waals surface area contributed by atoms with E-state index in [9.17, 15) is 4.79 Å². The van der Waals surface area contributed by atoms with E-state index in [4.69, 9.17) is 28.6 Å². The van der Waals surface area contributed by atoms with Gasteiger partial charge < -0.3 is 9.72 Å². The van der Waals surface area contributed by atoms with Crippen LogP contribution in [0.2, 0.25) is 5.02 Å². The molecule has 0 aliphatic carbocycles. The predicted molar refractivity (Wildman–Crippen MR) is 94.0 cm³/mol. The molecule has 1 aromatic heterocycles. The monoisotopic (exact) mass is 396 g/mol. The molecule has 0 aliphatic rings. The molecule has 4 nitrogen and oxygen atoms in total. The van der Waals surface area contributed by atoms with Crippen molar-refractivity contribution >= 4 is 50.7 Å². The number of nitrogens with one attached hydrogen (secondary N) is 1. The minimum Gasteiger partial charge on any atom is -0.495 e. The number of methoxy groups -OCH3 is 1. The Kier molecular flexibility index (Phi) is 4.08. The van der Waals surface area contributed by atoms with Gasteiger partial charge in [0.25, 0.3) is 5.56 Å². The van der Waals surface area contributed by atoms with E-state index in [1.54, 1.807) is 30.3 Å². The molecule has 0 aliphatic heterocycles. The van der Waals surface area contributed by atoms with E-state index < -0.39 is 0 Å². The molecule has 7 heteroatoms. The average Bonchev–Trinajstić information content (AvgIpc) is 2.48. The van der Waals surface area contributed by atoms with Gasteiger partial charge in [0.05, 0.1) is 23.7 Å². The Labute approximate surface area is 144 Å². The van der Waals surface area contributed by atoms with Gasteiger partial charge in [0.2, 0.25) is 0 Å². The molecule has 0 saturated carbocycles. The Morgan fingerprint density at radius 1 is 1.32 bits per heavy atom. The van der Waals surface area contributed by atoms with Gasteiger partial charge in [-0.25, -0.2) is 0 Å². The second-order valence-electron chi connectivity index (χ2n) is 4.55. The number of benzene rings is 2. The van der Waals surface area contributed by atoms with Gasteiger partial charge in [0.1, 0.15) is 10.8 Å². The number of aromatic nitrogens is 2. The topological polar surface area (TPSA) is 47.0 Å². The summed E-state index contributed by atoms with van der Waals surface area (Å²) < 4.78 is 7.70. The molecule has 0 radical (unpaired) electrons. The molecule has 0 saturated heterocycles. The van der Waals surface area contributed by atoms with Gasteiger partial charge in [-0.2, -0.15) is 0 Å². The molecule has 0 amide bonds. The Bertz CT molecular complexity index is 997. The Balaban J connectivity index is 2.40. The molecule has 1 N–H and O–H groups in total. The molecular formula is C15H10BrClN2O2S. The Hall–Kier alpha value is -1.63. The zero-order valence-corrected chi connectivity index (χ0v) is 14.6. The lowest BCUT2D eigenvalue weighted by molar-refractivity contribution is 0.415. The van der Waals surface area contributed by atoms with Crippen LogP contribution >= 0.6 is 39.7 Å². The van der Waals surface area contributed by atoms with Crippen LogP contribution in [-0.4, -0.2) is 16.7 Å². The number of nitrogens with zero attached hydrogens (tertiary/aromatic N) is 1. The fraction of sp³-hybridized carbons (Fsp3) is 0.0667.